The molecule has 5 heteroatoms. The minimum atomic E-state index is -4.11. The molecule has 1 N–H and O–H groups in total. The predicted octanol–water partition coefficient (Wildman–Crippen LogP) is 3.36. The zero-order chi connectivity index (χ0) is 14.6. The van der Waals surface area contributed by atoms with Gasteiger partial charge in [0, 0.05) is 18.6 Å². The Morgan fingerprint density at radius 1 is 1.25 bits per heavy atom. The molecule has 20 heavy (non-hydrogen) atoms. The van der Waals surface area contributed by atoms with Crippen LogP contribution >= 0.6 is 0 Å². The van der Waals surface area contributed by atoms with E-state index in [-0.39, 0.29) is 12.1 Å². The van der Waals surface area contributed by atoms with Crippen LogP contribution in [-0.2, 0) is 0 Å². The lowest BCUT2D eigenvalue weighted by Crippen LogP contribution is -2.37. The first kappa shape index (κ1) is 15.3. The first-order valence-corrected chi connectivity index (χ1v) is 7.02. The van der Waals surface area contributed by atoms with E-state index in [2.05, 4.69) is 5.32 Å². The molecule has 1 atom stereocenters. The molecule has 0 heterocycles. The zero-order valence-corrected chi connectivity index (χ0v) is 11.7. The average molecular weight is 286 g/mol. The highest BCUT2D eigenvalue weighted by molar-refractivity contribution is 5.18. The fourth-order valence-electron chi connectivity index (χ4n) is 2.52. The van der Waals surface area contributed by atoms with Crippen LogP contribution in [0, 0.1) is 0 Å². The van der Waals surface area contributed by atoms with Crippen molar-refractivity contribution in [2.45, 2.75) is 37.5 Å². The normalized spacial score (nSPS) is 17.4. The topological polar surface area (TPSA) is 15.3 Å². The van der Waals surface area contributed by atoms with Crippen molar-refractivity contribution in [2.75, 3.05) is 20.1 Å². The van der Waals surface area contributed by atoms with Gasteiger partial charge in [0.15, 0.2) is 0 Å². The van der Waals surface area contributed by atoms with Crippen LogP contribution < -0.4 is 5.32 Å². The van der Waals surface area contributed by atoms with Gasteiger partial charge in [0.25, 0.3) is 0 Å². The summed E-state index contributed by atoms with van der Waals surface area (Å²) >= 11 is 0. The average Bonchev–Trinajstić information content (AvgIpc) is 3.22. The van der Waals surface area contributed by atoms with Gasteiger partial charge in [0.1, 0.15) is 0 Å². The molecule has 2 nitrogen and oxygen atoms in total. The SMILES string of the molecule is CNC(CCN(CC(F)(F)F)C1CC1)c1ccccc1. The van der Waals surface area contributed by atoms with Crippen molar-refractivity contribution >= 4 is 0 Å². The van der Waals surface area contributed by atoms with Gasteiger partial charge in [-0.3, -0.25) is 4.90 Å². The van der Waals surface area contributed by atoms with E-state index >= 15 is 0 Å². The number of halogens is 3. The second-order valence-electron chi connectivity index (χ2n) is 5.36. The van der Waals surface area contributed by atoms with Gasteiger partial charge in [-0.1, -0.05) is 30.3 Å². The van der Waals surface area contributed by atoms with Crippen LogP contribution in [0.15, 0.2) is 30.3 Å². The Bertz CT molecular complexity index is 401. The Morgan fingerprint density at radius 3 is 2.40 bits per heavy atom. The Labute approximate surface area is 118 Å². The van der Waals surface area contributed by atoms with Gasteiger partial charge >= 0.3 is 6.18 Å². The number of rotatable bonds is 7. The largest absolute Gasteiger partial charge is 0.401 e. The lowest BCUT2D eigenvalue weighted by molar-refractivity contribution is -0.147. The summed E-state index contributed by atoms with van der Waals surface area (Å²) in [6.45, 7) is -0.312. The number of benzene rings is 1. The minimum Gasteiger partial charge on any atom is -0.313 e. The number of nitrogens with zero attached hydrogens (tertiary/aromatic N) is 1. The van der Waals surface area contributed by atoms with Crippen molar-refractivity contribution in [1.29, 1.82) is 0 Å². The smallest absolute Gasteiger partial charge is 0.313 e. The Kier molecular flexibility index (Phi) is 5.05. The van der Waals surface area contributed by atoms with E-state index in [0.29, 0.717) is 13.0 Å². The Hall–Kier alpha value is -1.07. The van der Waals surface area contributed by atoms with E-state index in [1.54, 1.807) is 4.90 Å². The van der Waals surface area contributed by atoms with E-state index in [4.69, 9.17) is 0 Å². The summed E-state index contributed by atoms with van der Waals surface area (Å²) in [5, 5.41) is 3.19. The molecule has 1 aliphatic carbocycles. The molecule has 112 valence electrons. The van der Waals surface area contributed by atoms with E-state index in [1.165, 1.54) is 0 Å². The highest BCUT2D eigenvalue weighted by atomic mass is 19.4. The summed E-state index contributed by atoms with van der Waals surface area (Å²) < 4.78 is 37.7. The minimum absolute atomic E-state index is 0.102. The van der Waals surface area contributed by atoms with Crippen LogP contribution in [-0.4, -0.2) is 37.3 Å². The fraction of sp³-hybridized carbons (Fsp3) is 0.600. The molecule has 0 bridgehead atoms. The highest BCUT2D eigenvalue weighted by Gasteiger charge is 2.37. The van der Waals surface area contributed by atoms with Crippen LogP contribution in [0.2, 0.25) is 0 Å². The summed E-state index contributed by atoms with van der Waals surface area (Å²) in [5.41, 5.74) is 1.12. The molecule has 0 amide bonds. The summed E-state index contributed by atoms with van der Waals surface area (Å²) in [4.78, 5) is 1.58. The van der Waals surface area contributed by atoms with Crippen LogP contribution in [0.3, 0.4) is 0 Å². The van der Waals surface area contributed by atoms with Crippen molar-refractivity contribution in [3.8, 4) is 0 Å². The van der Waals surface area contributed by atoms with Crippen LogP contribution in [0.5, 0.6) is 0 Å². The molecule has 1 aromatic carbocycles. The van der Waals surface area contributed by atoms with Gasteiger partial charge in [-0.05, 0) is 31.9 Å². The maximum Gasteiger partial charge on any atom is 0.401 e. The summed E-state index contributed by atoms with van der Waals surface area (Å²) in [6, 6.07) is 10.1. The van der Waals surface area contributed by atoms with Crippen molar-refractivity contribution in [1.82, 2.24) is 10.2 Å². The van der Waals surface area contributed by atoms with Gasteiger partial charge in [-0.25, -0.2) is 0 Å². The number of hydrogen-bond acceptors (Lipinski definition) is 2. The molecule has 0 spiro atoms. The van der Waals surface area contributed by atoms with Gasteiger partial charge in [-0.2, -0.15) is 13.2 Å². The molecule has 0 saturated heterocycles. The zero-order valence-electron chi connectivity index (χ0n) is 11.7. The molecule has 2 rings (SSSR count). The number of nitrogens with one attached hydrogen (secondary N) is 1. The molecule has 1 aliphatic rings. The maximum atomic E-state index is 12.6. The lowest BCUT2D eigenvalue weighted by atomic mass is 10.0. The molecular weight excluding hydrogens is 265 g/mol. The number of alkyl halides is 3. The monoisotopic (exact) mass is 286 g/mol. The molecule has 1 aromatic rings. The standard InChI is InChI=1S/C15H21F3N2/c1-19-14(12-5-3-2-4-6-12)9-10-20(13-7-8-13)11-15(16,17)18/h2-6,13-14,19H,7-11H2,1H3. The van der Waals surface area contributed by atoms with Crippen LogP contribution in [0.25, 0.3) is 0 Å². The first-order chi connectivity index (χ1) is 9.49. The van der Waals surface area contributed by atoms with Crippen molar-refractivity contribution in [3.63, 3.8) is 0 Å². The third kappa shape index (κ3) is 4.80. The van der Waals surface area contributed by atoms with E-state index in [1.807, 2.05) is 37.4 Å². The highest BCUT2D eigenvalue weighted by Crippen LogP contribution is 2.31. The molecule has 1 unspecified atom stereocenters. The van der Waals surface area contributed by atoms with Crippen molar-refractivity contribution in [2.24, 2.45) is 0 Å². The Balaban J connectivity index is 1.90. The van der Waals surface area contributed by atoms with Gasteiger partial charge in [-0.15, -0.1) is 0 Å². The fourth-order valence-corrected chi connectivity index (χ4v) is 2.52. The third-order valence-electron chi connectivity index (χ3n) is 3.70. The lowest BCUT2D eigenvalue weighted by Gasteiger charge is -2.26. The van der Waals surface area contributed by atoms with Crippen molar-refractivity contribution in [3.05, 3.63) is 35.9 Å². The second-order valence-corrected chi connectivity index (χ2v) is 5.36. The van der Waals surface area contributed by atoms with Crippen LogP contribution in [0.1, 0.15) is 30.9 Å². The molecule has 0 aliphatic heterocycles. The van der Waals surface area contributed by atoms with E-state index < -0.39 is 12.7 Å². The quantitative estimate of drug-likeness (QED) is 0.827. The first-order valence-electron chi connectivity index (χ1n) is 7.02. The maximum absolute atomic E-state index is 12.6. The Morgan fingerprint density at radius 2 is 1.90 bits per heavy atom. The molecule has 0 radical (unpaired) electrons. The second kappa shape index (κ2) is 6.59. The molecule has 1 fully saturated rings. The molecule has 1 saturated carbocycles. The van der Waals surface area contributed by atoms with Gasteiger partial charge < -0.3 is 5.32 Å². The van der Waals surface area contributed by atoms with Crippen LogP contribution in [0.4, 0.5) is 13.2 Å². The summed E-state index contributed by atoms with van der Waals surface area (Å²) in [6.07, 6.45) is -1.63. The van der Waals surface area contributed by atoms with Gasteiger partial charge in [0.05, 0.1) is 6.54 Å². The summed E-state index contributed by atoms with van der Waals surface area (Å²) in [5.74, 6) is 0. The van der Waals surface area contributed by atoms with Crippen molar-refractivity contribution < 1.29 is 13.2 Å². The third-order valence-corrected chi connectivity index (χ3v) is 3.70. The van der Waals surface area contributed by atoms with Gasteiger partial charge in [0.2, 0.25) is 0 Å². The molecule has 0 aromatic heterocycles. The number of hydrogen-bond donors (Lipinski definition) is 1. The van der Waals surface area contributed by atoms with E-state index in [0.717, 1.165) is 18.4 Å². The predicted molar refractivity (Wildman–Crippen MR) is 73.5 cm³/mol. The summed E-state index contributed by atoms with van der Waals surface area (Å²) in [7, 11) is 1.85. The van der Waals surface area contributed by atoms with E-state index in [9.17, 15) is 13.2 Å². The molecular formula is C15H21F3N2.